The molecule has 118 valence electrons. The minimum absolute atomic E-state index is 0.0760. The second-order valence-electron chi connectivity index (χ2n) is 5.40. The van der Waals surface area contributed by atoms with Gasteiger partial charge in [0.15, 0.2) is 11.5 Å². The maximum atomic E-state index is 11.9. The number of fused-ring (bicyclic) bond motifs is 1. The molecule has 1 aromatic carbocycles. The van der Waals surface area contributed by atoms with Crippen LogP contribution in [0.25, 0.3) is 0 Å². The average Bonchev–Trinajstić information content (AvgIpc) is 2.95. The number of benzene rings is 1. The van der Waals surface area contributed by atoms with Crippen LogP contribution in [0.15, 0.2) is 18.2 Å². The summed E-state index contributed by atoms with van der Waals surface area (Å²) in [6.07, 6.45) is 0.429. The van der Waals surface area contributed by atoms with Crippen LogP contribution >= 0.6 is 0 Å². The number of rotatable bonds is 4. The van der Waals surface area contributed by atoms with Gasteiger partial charge >= 0.3 is 0 Å². The van der Waals surface area contributed by atoms with Gasteiger partial charge in [-0.1, -0.05) is 6.07 Å². The quantitative estimate of drug-likeness (QED) is 0.698. The fourth-order valence-electron chi connectivity index (χ4n) is 2.57. The Morgan fingerprint density at radius 3 is 2.86 bits per heavy atom. The third-order valence-electron chi connectivity index (χ3n) is 3.64. The highest BCUT2D eigenvalue weighted by Crippen LogP contribution is 2.32. The highest BCUT2D eigenvalue weighted by atomic mass is 16.7. The van der Waals surface area contributed by atoms with E-state index in [1.54, 1.807) is 18.2 Å². The molecule has 3 N–H and O–H groups in total. The van der Waals surface area contributed by atoms with Gasteiger partial charge in [-0.05, 0) is 17.7 Å². The molecular weight excluding hydrogens is 286 g/mol. The second-order valence-corrected chi connectivity index (χ2v) is 5.40. The lowest BCUT2D eigenvalue weighted by Crippen LogP contribution is -2.50. The lowest BCUT2D eigenvalue weighted by Gasteiger charge is -2.23. The number of carbonyl (C=O) groups is 2. The number of ether oxygens (including phenoxy) is 2. The Morgan fingerprint density at radius 1 is 1.18 bits per heavy atom. The first-order valence-corrected chi connectivity index (χ1v) is 7.36. The summed E-state index contributed by atoms with van der Waals surface area (Å²) in [5.41, 5.74) is 0.784. The van der Waals surface area contributed by atoms with Crippen LogP contribution in [0.3, 0.4) is 0 Å². The van der Waals surface area contributed by atoms with E-state index in [9.17, 15) is 9.59 Å². The minimum atomic E-state index is -0.312. The van der Waals surface area contributed by atoms with Crippen molar-refractivity contribution in [1.82, 2.24) is 16.0 Å². The molecule has 1 aromatic rings. The van der Waals surface area contributed by atoms with Crippen molar-refractivity contribution in [2.24, 2.45) is 0 Å². The number of hydrogen-bond donors (Lipinski definition) is 3. The van der Waals surface area contributed by atoms with Gasteiger partial charge < -0.3 is 20.1 Å². The fourth-order valence-corrected chi connectivity index (χ4v) is 2.57. The number of imide groups is 1. The normalized spacial score (nSPS) is 19.7. The van der Waals surface area contributed by atoms with E-state index in [-0.39, 0.29) is 31.1 Å². The van der Waals surface area contributed by atoms with Gasteiger partial charge in [0.1, 0.15) is 0 Å². The summed E-state index contributed by atoms with van der Waals surface area (Å²) in [6, 6.07) is 5.40. The molecule has 0 bridgehead atoms. The zero-order valence-electron chi connectivity index (χ0n) is 12.2. The summed E-state index contributed by atoms with van der Waals surface area (Å²) in [6.45, 7) is 2.68. The highest BCUT2D eigenvalue weighted by Gasteiger charge is 2.18. The van der Waals surface area contributed by atoms with E-state index in [4.69, 9.17) is 9.47 Å². The molecule has 1 saturated heterocycles. The van der Waals surface area contributed by atoms with Crippen LogP contribution in [0, 0.1) is 0 Å². The molecule has 1 fully saturated rings. The van der Waals surface area contributed by atoms with E-state index in [0.29, 0.717) is 17.9 Å². The Labute approximate surface area is 128 Å². The molecule has 2 aliphatic heterocycles. The van der Waals surface area contributed by atoms with Crippen molar-refractivity contribution in [2.45, 2.75) is 18.9 Å². The van der Waals surface area contributed by atoms with Gasteiger partial charge in [-0.25, -0.2) is 0 Å². The van der Waals surface area contributed by atoms with Crippen LogP contribution < -0.4 is 25.4 Å². The van der Waals surface area contributed by atoms with Crippen LogP contribution in [0.2, 0.25) is 0 Å². The van der Waals surface area contributed by atoms with E-state index < -0.39 is 0 Å². The smallest absolute Gasteiger partial charge is 0.231 e. The molecule has 2 heterocycles. The van der Waals surface area contributed by atoms with Gasteiger partial charge in [0.2, 0.25) is 18.6 Å². The standard InChI is InChI=1S/C15H19N3O4/c19-14(18-15(20)7-11-8-16-3-4-17-11)6-10-1-2-12-13(5-10)22-9-21-12/h1-2,5,11,16-17H,3-4,6-9H2,(H,18,19,20). The van der Waals surface area contributed by atoms with Crippen molar-refractivity contribution in [1.29, 1.82) is 0 Å². The van der Waals surface area contributed by atoms with Gasteiger partial charge in [-0.2, -0.15) is 0 Å². The molecule has 1 unspecified atom stereocenters. The number of piperazine rings is 1. The average molecular weight is 305 g/mol. The van der Waals surface area contributed by atoms with Gasteiger partial charge in [0, 0.05) is 32.1 Å². The Bertz CT molecular complexity index is 570. The first-order chi connectivity index (χ1) is 10.7. The third-order valence-corrected chi connectivity index (χ3v) is 3.64. The molecule has 3 rings (SSSR count). The zero-order valence-corrected chi connectivity index (χ0v) is 12.2. The van der Waals surface area contributed by atoms with Crippen LogP contribution in [0.1, 0.15) is 12.0 Å². The maximum absolute atomic E-state index is 11.9. The van der Waals surface area contributed by atoms with Crippen molar-refractivity contribution in [3.8, 4) is 11.5 Å². The molecule has 0 spiro atoms. The molecular formula is C15H19N3O4. The van der Waals surface area contributed by atoms with Crippen molar-refractivity contribution in [2.75, 3.05) is 26.4 Å². The number of hydrogen-bond acceptors (Lipinski definition) is 6. The summed E-state index contributed by atoms with van der Waals surface area (Å²) in [4.78, 5) is 23.8. The van der Waals surface area contributed by atoms with E-state index in [1.807, 2.05) is 0 Å². The van der Waals surface area contributed by atoms with E-state index in [2.05, 4.69) is 16.0 Å². The highest BCUT2D eigenvalue weighted by molar-refractivity contribution is 5.96. The summed E-state index contributed by atoms with van der Waals surface area (Å²) >= 11 is 0. The topological polar surface area (TPSA) is 88.7 Å². The molecule has 22 heavy (non-hydrogen) atoms. The largest absolute Gasteiger partial charge is 0.454 e. The van der Waals surface area contributed by atoms with Gasteiger partial charge in [-0.15, -0.1) is 0 Å². The van der Waals surface area contributed by atoms with Gasteiger partial charge in [0.25, 0.3) is 0 Å². The number of carbonyl (C=O) groups excluding carboxylic acids is 2. The predicted octanol–water partition coefficient (Wildman–Crippen LogP) is -0.448. The molecule has 0 aliphatic carbocycles. The molecule has 2 amide bonds. The van der Waals surface area contributed by atoms with Gasteiger partial charge in [0.05, 0.1) is 6.42 Å². The number of amides is 2. The van der Waals surface area contributed by atoms with E-state index in [1.165, 1.54) is 0 Å². The first-order valence-electron chi connectivity index (χ1n) is 7.36. The van der Waals surface area contributed by atoms with E-state index >= 15 is 0 Å². The third kappa shape index (κ3) is 3.75. The Morgan fingerprint density at radius 2 is 2.05 bits per heavy atom. The number of nitrogens with one attached hydrogen (secondary N) is 3. The predicted molar refractivity (Wildman–Crippen MR) is 78.7 cm³/mol. The fraction of sp³-hybridized carbons (Fsp3) is 0.467. The molecule has 7 nitrogen and oxygen atoms in total. The van der Waals surface area contributed by atoms with Crippen LogP contribution in [-0.2, 0) is 16.0 Å². The zero-order chi connectivity index (χ0) is 15.4. The Balaban J connectivity index is 1.48. The minimum Gasteiger partial charge on any atom is -0.454 e. The SMILES string of the molecule is O=C(Cc1ccc2c(c1)OCO2)NC(=O)CC1CNCCN1. The lowest BCUT2D eigenvalue weighted by atomic mass is 10.1. The maximum Gasteiger partial charge on any atom is 0.231 e. The second kappa shape index (κ2) is 6.76. The molecule has 7 heteroatoms. The van der Waals surface area contributed by atoms with E-state index in [0.717, 1.165) is 25.2 Å². The first kappa shape index (κ1) is 14.8. The lowest BCUT2D eigenvalue weighted by molar-refractivity contribution is -0.130. The summed E-state index contributed by atoms with van der Waals surface area (Å²) in [5.74, 6) is 0.741. The molecule has 0 radical (unpaired) electrons. The summed E-state index contributed by atoms with van der Waals surface area (Å²) in [5, 5.41) is 8.87. The summed E-state index contributed by atoms with van der Waals surface area (Å²) in [7, 11) is 0. The molecule has 1 atom stereocenters. The summed E-state index contributed by atoms with van der Waals surface area (Å²) < 4.78 is 10.5. The Kier molecular flexibility index (Phi) is 4.55. The van der Waals surface area contributed by atoms with Crippen LogP contribution in [-0.4, -0.2) is 44.3 Å². The van der Waals surface area contributed by atoms with Crippen LogP contribution in [0.5, 0.6) is 11.5 Å². The van der Waals surface area contributed by atoms with Crippen LogP contribution in [0.4, 0.5) is 0 Å². The monoisotopic (exact) mass is 305 g/mol. The molecule has 0 aromatic heterocycles. The van der Waals surface area contributed by atoms with Crippen molar-refractivity contribution < 1.29 is 19.1 Å². The Hall–Kier alpha value is -2.12. The van der Waals surface area contributed by atoms with Gasteiger partial charge in [-0.3, -0.25) is 14.9 Å². The van der Waals surface area contributed by atoms with Crippen molar-refractivity contribution in [3.05, 3.63) is 23.8 Å². The molecule has 0 saturated carbocycles. The van der Waals surface area contributed by atoms with Crippen molar-refractivity contribution >= 4 is 11.8 Å². The van der Waals surface area contributed by atoms with Crippen molar-refractivity contribution in [3.63, 3.8) is 0 Å². The molecule has 2 aliphatic rings.